The van der Waals surface area contributed by atoms with Gasteiger partial charge in [-0.1, -0.05) is 15.9 Å². The molecule has 0 saturated heterocycles. The summed E-state index contributed by atoms with van der Waals surface area (Å²) in [5, 5.41) is 9.64. The van der Waals surface area contributed by atoms with Crippen molar-refractivity contribution in [2.75, 3.05) is 5.43 Å². The highest BCUT2D eigenvalue weighted by atomic mass is 79.9. The Morgan fingerprint density at radius 3 is 1.93 bits per heavy atom. The number of hydrogen-bond acceptors (Lipinski definition) is 6. The quantitative estimate of drug-likeness (QED) is 0.197. The largest absolute Gasteiger partial charge is 0.464 e. The molecule has 0 amide bonds. The SMILES string of the molecule is Brc1ccc2occc2c1.CC(C)=NN.CC(C)=NNc1ccc2occc2c1. The van der Waals surface area contributed by atoms with E-state index < -0.39 is 0 Å². The maximum absolute atomic E-state index is 5.23. The summed E-state index contributed by atoms with van der Waals surface area (Å²) in [5.74, 6) is 4.76. The molecule has 2 aromatic heterocycles. The van der Waals surface area contributed by atoms with Crippen LogP contribution in [0.2, 0.25) is 0 Å². The maximum atomic E-state index is 5.23. The van der Waals surface area contributed by atoms with Crippen LogP contribution >= 0.6 is 15.9 Å². The van der Waals surface area contributed by atoms with Crippen molar-refractivity contribution < 1.29 is 8.83 Å². The van der Waals surface area contributed by atoms with Gasteiger partial charge in [-0.3, -0.25) is 5.43 Å². The maximum Gasteiger partial charge on any atom is 0.134 e. The molecule has 0 saturated carbocycles. The van der Waals surface area contributed by atoms with E-state index in [9.17, 15) is 0 Å². The minimum absolute atomic E-state index is 0.896. The molecule has 4 aromatic rings. The molecule has 0 aliphatic rings. The van der Waals surface area contributed by atoms with Crippen LogP contribution in [0.1, 0.15) is 27.7 Å². The Bertz CT molecular complexity index is 1100. The zero-order valence-electron chi connectivity index (χ0n) is 16.9. The van der Waals surface area contributed by atoms with Crippen molar-refractivity contribution in [3.05, 3.63) is 65.5 Å². The summed E-state index contributed by atoms with van der Waals surface area (Å²) < 4.78 is 11.5. The molecule has 6 nitrogen and oxygen atoms in total. The molecule has 0 fully saturated rings. The number of halogens is 1. The lowest BCUT2D eigenvalue weighted by Gasteiger charge is -2.00. The van der Waals surface area contributed by atoms with Crippen LogP contribution in [0.5, 0.6) is 0 Å². The van der Waals surface area contributed by atoms with Crippen molar-refractivity contribution in [1.82, 2.24) is 0 Å². The van der Waals surface area contributed by atoms with Crippen LogP contribution in [0.15, 0.2) is 84.6 Å². The van der Waals surface area contributed by atoms with Gasteiger partial charge in [0.05, 0.1) is 18.2 Å². The third-order valence-electron chi connectivity index (χ3n) is 3.53. The first-order valence-electron chi connectivity index (χ1n) is 8.97. The van der Waals surface area contributed by atoms with Crippen LogP contribution in [0.3, 0.4) is 0 Å². The minimum Gasteiger partial charge on any atom is -0.464 e. The summed E-state index contributed by atoms with van der Waals surface area (Å²) in [4.78, 5) is 0. The summed E-state index contributed by atoms with van der Waals surface area (Å²) in [6.45, 7) is 7.59. The van der Waals surface area contributed by atoms with E-state index in [1.165, 1.54) is 0 Å². The molecule has 152 valence electrons. The Balaban J connectivity index is 0.000000175. The third-order valence-corrected chi connectivity index (χ3v) is 4.03. The zero-order valence-corrected chi connectivity index (χ0v) is 18.5. The first kappa shape index (κ1) is 22.2. The van der Waals surface area contributed by atoms with Crippen molar-refractivity contribution in [3.8, 4) is 0 Å². The summed E-state index contributed by atoms with van der Waals surface area (Å²) in [6, 6.07) is 15.7. The van der Waals surface area contributed by atoms with Gasteiger partial charge in [0, 0.05) is 26.7 Å². The molecule has 0 bridgehead atoms. The fraction of sp³-hybridized carbons (Fsp3) is 0.182. The first-order valence-corrected chi connectivity index (χ1v) is 9.76. The summed E-state index contributed by atoms with van der Waals surface area (Å²) in [7, 11) is 0. The van der Waals surface area contributed by atoms with Gasteiger partial charge >= 0.3 is 0 Å². The molecule has 0 spiro atoms. The van der Waals surface area contributed by atoms with Gasteiger partial charge < -0.3 is 14.7 Å². The van der Waals surface area contributed by atoms with Gasteiger partial charge in [-0.25, -0.2) is 0 Å². The molecule has 4 rings (SSSR count). The molecule has 0 unspecified atom stereocenters. The van der Waals surface area contributed by atoms with Crippen molar-refractivity contribution in [1.29, 1.82) is 0 Å². The highest BCUT2D eigenvalue weighted by molar-refractivity contribution is 9.10. The number of hydrogen-bond donors (Lipinski definition) is 2. The highest BCUT2D eigenvalue weighted by Gasteiger charge is 1.97. The summed E-state index contributed by atoms with van der Waals surface area (Å²) in [6.07, 6.45) is 3.37. The molecule has 3 N–H and O–H groups in total. The standard InChI is InChI=1S/C11H12N2O.C8H5BrO.C3H8N2/c1-8(2)12-13-10-3-4-11-9(7-10)5-6-14-11;9-7-1-2-8-6(5-7)3-4-10-8;1-3(2)5-4/h3-7,13H,1-2H3;1-5H;4H2,1-2H3. The van der Waals surface area contributed by atoms with Gasteiger partial charge in [-0.05, 0) is 76.2 Å². The minimum atomic E-state index is 0.896. The monoisotopic (exact) mass is 456 g/mol. The Kier molecular flexibility index (Phi) is 8.48. The van der Waals surface area contributed by atoms with Gasteiger partial charge in [0.2, 0.25) is 0 Å². The fourth-order valence-electron chi connectivity index (χ4n) is 2.15. The van der Waals surface area contributed by atoms with Gasteiger partial charge in [0.15, 0.2) is 0 Å². The van der Waals surface area contributed by atoms with Crippen LogP contribution in [-0.4, -0.2) is 11.4 Å². The molecular weight excluding hydrogens is 432 g/mol. The lowest BCUT2D eigenvalue weighted by molar-refractivity contribution is 0.615. The van der Waals surface area contributed by atoms with E-state index in [-0.39, 0.29) is 0 Å². The number of anilines is 1. The Morgan fingerprint density at radius 1 is 0.828 bits per heavy atom. The van der Waals surface area contributed by atoms with Gasteiger partial charge in [-0.2, -0.15) is 10.2 Å². The van der Waals surface area contributed by atoms with Gasteiger partial charge in [0.25, 0.3) is 0 Å². The van der Waals surface area contributed by atoms with Crippen LogP contribution in [0.25, 0.3) is 21.9 Å². The second kappa shape index (κ2) is 11.1. The van der Waals surface area contributed by atoms with E-state index in [1.54, 1.807) is 12.5 Å². The number of hydrazone groups is 2. The van der Waals surface area contributed by atoms with E-state index in [0.29, 0.717) is 0 Å². The predicted molar refractivity (Wildman–Crippen MR) is 126 cm³/mol. The van der Waals surface area contributed by atoms with E-state index in [2.05, 4.69) is 31.6 Å². The molecule has 0 aliphatic heterocycles. The smallest absolute Gasteiger partial charge is 0.134 e. The molecular formula is C22H25BrN4O2. The number of rotatable bonds is 2. The van der Waals surface area contributed by atoms with E-state index >= 15 is 0 Å². The zero-order chi connectivity index (χ0) is 21.2. The Morgan fingerprint density at radius 2 is 1.38 bits per heavy atom. The molecule has 2 heterocycles. The normalized spacial score (nSPS) is 9.69. The van der Waals surface area contributed by atoms with Gasteiger partial charge in [-0.15, -0.1) is 0 Å². The first-order chi connectivity index (χ1) is 13.9. The van der Waals surface area contributed by atoms with E-state index in [1.807, 2.05) is 76.2 Å². The van der Waals surface area contributed by atoms with Crippen molar-refractivity contribution >= 4 is 55.0 Å². The van der Waals surface area contributed by atoms with E-state index in [0.717, 1.165) is 43.5 Å². The van der Waals surface area contributed by atoms with Crippen LogP contribution < -0.4 is 11.3 Å². The molecule has 7 heteroatoms. The second-order valence-electron chi connectivity index (χ2n) is 6.52. The van der Waals surface area contributed by atoms with Gasteiger partial charge in [0.1, 0.15) is 11.2 Å². The predicted octanol–water partition coefficient (Wildman–Crippen LogP) is 6.78. The van der Waals surface area contributed by atoms with Crippen LogP contribution in [0.4, 0.5) is 5.69 Å². The molecule has 0 radical (unpaired) electrons. The molecule has 0 atom stereocenters. The third kappa shape index (κ3) is 7.46. The number of benzene rings is 2. The lowest BCUT2D eigenvalue weighted by Crippen LogP contribution is -1.92. The van der Waals surface area contributed by atoms with Crippen LogP contribution in [-0.2, 0) is 0 Å². The number of nitrogens with zero attached hydrogens (tertiary/aromatic N) is 2. The van der Waals surface area contributed by atoms with Crippen molar-refractivity contribution in [3.63, 3.8) is 0 Å². The Labute approximate surface area is 178 Å². The second-order valence-corrected chi connectivity index (χ2v) is 7.44. The number of nitrogens with two attached hydrogens (primary N) is 1. The highest BCUT2D eigenvalue weighted by Crippen LogP contribution is 2.20. The van der Waals surface area contributed by atoms with Crippen molar-refractivity contribution in [2.45, 2.75) is 27.7 Å². The molecule has 29 heavy (non-hydrogen) atoms. The Hall–Kier alpha value is -3.06. The lowest BCUT2D eigenvalue weighted by atomic mass is 10.2. The van der Waals surface area contributed by atoms with E-state index in [4.69, 9.17) is 14.7 Å². The number of nitrogens with one attached hydrogen (secondary N) is 1. The average molecular weight is 457 g/mol. The van der Waals surface area contributed by atoms with Crippen molar-refractivity contribution in [2.24, 2.45) is 16.0 Å². The number of fused-ring (bicyclic) bond motifs is 2. The molecule has 2 aromatic carbocycles. The van der Waals surface area contributed by atoms with Crippen LogP contribution in [0, 0.1) is 0 Å². The average Bonchev–Trinajstić information content (AvgIpc) is 3.35. The summed E-state index contributed by atoms with van der Waals surface area (Å²) in [5.41, 5.74) is 7.68. The fourth-order valence-corrected chi connectivity index (χ4v) is 2.53. The topological polar surface area (TPSA) is 89.0 Å². The molecule has 0 aliphatic carbocycles. The number of furan rings is 2. The summed E-state index contributed by atoms with van der Waals surface area (Å²) >= 11 is 3.38.